The summed E-state index contributed by atoms with van der Waals surface area (Å²) >= 11 is 7.95. The molecule has 1 aliphatic heterocycles. The van der Waals surface area contributed by atoms with Gasteiger partial charge >= 0.3 is 0 Å². The summed E-state index contributed by atoms with van der Waals surface area (Å²) < 4.78 is 61.1. The van der Waals surface area contributed by atoms with E-state index in [1.165, 1.54) is 24.3 Å². The smallest absolute Gasteiger partial charge is 0.186 e. The van der Waals surface area contributed by atoms with E-state index in [1.54, 1.807) is 0 Å². The van der Waals surface area contributed by atoms with Crippen molar-refractivity contribution < 1.29 is 21.9 Å². The fourth-order valence-electron chi connectivity index (χ4n) is 3.03. The average Bonchev–Trinajstić information content (AvgIpc) is 2.58. The summed E-state index contributed by atoms with van der Waals surface area (Å²) in [4.78, 5) is 0.0249. The molecule has 25 heavy (non-hydrogen) atoms. The van der Waals surface area contributed by atoms with Gasteiger partial charge in [0.25, 0.3) is 0 Å². The van der Waals surface area contributed by atoms with Crippen molar-refractivity contribution in [2.24, 2.45) is 5.92 Å². The minimum Gasteiger partial charge on any atom is -0.490 e. The van der Waals surface area contributed by atoms with Gasteiger partial charge in [0.05, 0.1) is 17.1 Å². The molecule has 1 heterocycles. The molecule has 2 aromatic rings. The number of ether oxygens (including phenoxy) is 1. The van der Waals surface area contributed by atoms with Crippen LogP contribution in [-0.4, -0.2) is 19.5 Å². The molecule has 134 valence electrons. The molecule has 0 amide bonds. The van der Waals surface area contributed by atoms with Crippen molar-refractivity contribution in [1.29, 1.82) is 0 Å². The average molecular weight is 499 g/mol. The van der Waals surface area contributed by atoms with Crippen LogP contribution >= 0.6 is 34.2 Å². The van der Waals surface area contributed by atoms with Gasteiger partial charge in [-0.3, -0.25) is 0 Å². The minimum atomic E-state index is -3.95. The molecule has 0 fully saturated rings. The van der Waals surface area contributed by atoms with Crippen LogP contribution in [0.2, 0.25) is 5.02 Å². The lowest BCUT2D eigenvalue weighted by molar-refractivity contribution is 0.200. The fraction of sp³-hybridized carbons (Fsp3) is 0.294. The van der Waals surface area contributed by atoms with Crippen LogP contribution in [-0.2, 0) is 9.84 Å². The molecule has 0 N–H and O–H groups in total. The van der Waals surface area contributed by atoms with Gasteiger partial charge in [-0.05, 0) is 47.2 Å². The Kier molecular flexibility index (Phi) is 5.55. The summed E-state index contributed by atoms with van der Waals surface area (Å²) in [7, 11) is -3.95. The maximum atomic E-state index is 14.5. The highest BCUT2D eigenvalue weighted by Gasteiger charge is 2.43. The first-order valence-corrected chi connectivity index (χ1v) is 11.0. The first-order chi connectivity index (χ1) is 11.9. The summed E-state index contributed by atoms with van der Waals surface area (Å²) in [6.07, 6.45) is 0.507. The van der Waals surface area contributed by atoms with E-state index < -0.39 is 32.6 Å². The molecular formula is C17H14ClF2IO3S. The second kappa shape index (κ2) is 7.36. The van der Waals surface area contributed by atoms with Gasteiger partial charge in [-0.1, -0.05) is 34.2 Å². The molecular weight excluding hydrogens is 485 g/mol. The van der Waals surface area contributed by atoms with Crippen LogP contribution < -0.4 is 4.74 Å². The normalized spacial score (nSPS) is 20.0. The molecule has 0 saturated heterocycles. The zero-order chi connectivity index (χ0) is 18.2. The Morgan fingerprint density at radius 2 is 1.76 bits per heavy atom. The quantitative estimate of drug-likeness (QED) is 0.442. The number of sulfone groups is 1. The lowest BCUT2D eigenvalue weighted by Crippen LogP contribution is -2.33. The van der Waals surface area contributed by atoms with Gasteiger partial charge in [-0.2, -0.15) is 0 Å². The standard InChI is InChI=1S/C17H14ClF2IO3S/c18-11-1-3-12(4-2-11)25(22,23)17-10(7-8-21)9-24-16-14(20)6-5-13(19)15(16)17/h1-6,10,17H,7-9H2. The molecule has 1 aliphatic rings. The minimum absolute atomic E-state index is 0.0217. The Morgan fingerprint density at radius 1 is 1.12 bits per heavy atom. The van der Waals surface area contributed by atoms with E-state index >= 15 is 0 Å². The number of hydrogen-bond acceptors (Lipinski definition) is 3. The Hall–Kier alpha value is -0.930. The number of alkyl halides is 1. The summed E-state index contributed by atoms with van der Waals surface area (Å²) in [5, 5.41) is -0.810. The summed E-state index contributed by atoms with van der Waals surface area (Å²) in [6, 6.07) is 7.57. The molecule has 3 nitrogen and oxygen atoms in total. The monoisotopic (exact) mass is 498 g/mol. The zero-order valence-electron chi connectivity index (χ0n) is 12.9. The lowest BCUT2D eigenvalue weighted by Gasteiger charge is -2.33. The highest BCUT2D eigenvalue weighted by Crippen LogP contribution is 2.46. The molecule has 0 saturated carbocycles. The van der Waals surface area contributed by atoms with Crippen molar-refractivity contribution >= 4 is 44.0 Å². The van der Waals surface area contributed by atoms with E-state index in [0.717, 1.165) is 12.1 Å². The van der Waals surface area contributed by atoms with E-state index in [4.69, 9.17) is 16.3 Å². The molecule has 0 radical (unpaired) electrons. The van der Waals surface area contributed by atoms with Crippen LogP contribution in [0.3, 0.4) is 0 Å². The number of benzene rings is 2. The Balaban J connectivity index is 2.20. The third-order valence-electron chi connectivity index (χ3n) is 4.21. The second-order valence-corrected chi connectivity index (χ2v) is 9.32. The van der Waals surface area contributed by atoms with E-state index in [-0.39, 0.29) is 22.8 Å². The largest absolute Gasteiger partial charge is 0.490 e. The zero-order valence-corrected chi connectivity index (χ0v) is 16.6. The summed E-state index contributed by atoms with van der Waals surface area (Å²) in [6.45, 7) is 0.0217. The van der Waals surface area contributed by atoms with Gasteiger partial charge < -0.3 is 4.74 Å². The summed E-state index contributed by atoms with van der Waals surface area (Å²) in [5.74, 6) is -2.33. The molecule has 0 bridgehead atoms. The van der Waals surface area contributed by atoms with Gasteiger partial charge in [0.15, 0.2) is 21.4 Å². The van der Waals surface area contributed by atoms with Gasteiger partial charge in [-0.25, -0.2) is 17.2 Å². The fourth-order valence-corrected chi connectivity index (χ4v) is 6.01. The van der Waals surface area contributed by atoms with Crippen molar-refractivity contribution in [3.63, 3.8) is 0 Å². The molecule has 0 aliphatic carbocycles. The Bertz CT molecular complexity index is 888. The van der Waals surface area contributed by atoms with Crippen molar-refractivity contribution in [2.45, 2.75) is 16.6 Å². The van der Waals surface area contributed by atoms with Crippen LogP contribution in [0, 0.1) is 17.6 Å². The predicted molar refractivity (Wildman–Crippen MR) is 100 cm³/mol. The third-order valence-corrected chi connectivity index (χ3v) is 7.30. The Labute approximate surface area is 163 Å². The van der Waals surface area contributed by atoms with Crippen LogP contribution in [0.1, 0.15) is 17.2 Å². The maximum Gasteiger partial charge on any atom is 0.186 e. The number of hydrogen-bond donors (Lipinski definition) is 0. The molecule has 0 aromatic heterocycles. The maximum absolute atomic E-state index is 14.5. The van der Waals surface area contributed by atoms with Crippen LogP contribution in [0.15, 0.2) is 41.3 Å². The summed E-state index contributed by atoms with van der Waals surface area (Å²) in [5.41, 5.74) is -0.226. The third kappa shape index (κ3) is 3.50. The van der Waals surface area contributed by atoms with E-state index in [9.17, 15) is 17.2 Å². The van der Waals surface area contributed by atoms with Gasteiger partial charge in [0, 0.05) is 10.9 Å². The molecule has 2 unspecified atom stereocenters. The van der Waals surface area contributed by atoms with Crippen LogP contribution in [0.5, 0.6) is 5.75 Å². The van der Waals surface area contributed by atoms with E-state index in [0.29, 0.717) is 15.9 Å². The number of halogens is 4. The first kappa shape index (κ1) is 18.8. The number of fused-ring (bicyclic) bond motifs is 1. The van der Waals surface area contributed by atoms with E-state index in [1.807, 2.05) is 0 Å². The highest BCUT2D eigenvalue weighted by atomic mass is 127. The second-order valence-electron chi connectivity index (χ2n) is 5.74. The van der Waals surface area contributed by atoms with Crippen LogP contribution in [0.25, 0.3) is 0 Å². The van der Waals surface area contributed by atoms with Crippen molar-refractivity contribution in [1.82, 2.24) is 0 Å². The van der Waals surface area contributed by atoms with Gasteiger partial charge in [-0.15, -0.1) is 0 Å². The molecule has 2 aromatic carbocycles. The van der Waals surface area contributed by atoms with Crippen LogP contribution in [0.4, 0.5) is 8.78 Å². The highest BCUT2D eigenvalue weighted by molar-refractivity contribution is 14.1. The lowest BCUT2D eigenvalue weighted by atomic mass is 9.93. The van der Waals surface area contributed by atoms with Crippen molar-refractivity contribution in [3.05, 3.63) is 58.6 Å². The SMILES string of the molecule is O=S(=O)(c1ccc(Cl)cc1)C1c2c(F)ccc(F)c2OCC1CCI. The first-order valence-electron chi connectivity index (χ1n) is 7.52. The molecule has 0 spiro atoms. The van der Waals surface area contributed by atoms with Gasteiger partial charge in [0.1, 0.15) is 11.1 Å². The van der Waals surface area contributed by atoms with Gasteiger partial charge in [0.2, 0.25) is 0 Å². The molecule has 2 atom stereocenters. The van der Waals surface area contributed by atoms with Crippen molar-refractivity contribution in [3.8, 4) is 5.75 Å². The van der Waals surface area contributed by atoms with Crippen molar-refractivity contribution in [2.75, 3.05) is 11.0 Å². The molecule has 3 rings (SSSR count). The van der Waals surface area contributed by atoms with E-state index in [2.05, 4.69) is 22.6 Å². The predicted octanol–water partition coefficient (Wildman–Crippen LogP) is 4.97. The Morgan fingerprint density at radius 3 is 2.40 bits per heavy atom. The topological polar surface area (TPSA) is 43.4 Å². The molecule has 8 heteroatoms. The number of rotatable bonds is 4.